The normalized spacial score (nSPS) is 10.1. The van der Waals surface area contributed by atoms with Crippen molar-refractivity contribution in [3.63, 3.8) is 0 Å². The lowest BCUT2D eigenvalue weighted by Crippen LogP contribution is -1.89. The zero-order valence-electron chi connectivity index (χ0n) is 7.04. The largest absolute Gasteiger partial charge is 0.233 e. The Morgan fingerprint density at radius 2 is 2.00 bits per heavy atom. The summed E-state index contributed by atoms with van der Waals surface area (Å²) >= 11 is 3.29. The minimum atomic E-state index is -0.435. The van der Waals surface area contributed by atoms with Crippen LogP contribution in [0.25, 0.3) is 11.4 Å². The molecule has 2 nitrogen and oxygen atoms in total. The molecule has 1 radical (unpaired) electrons. The van der Waals surface area contributed by atoms with E-state index in [-0.39, 0.29) is 0 Å². The fourth-order valence-electron chi connectivity index (χ4n) is 1.04. The molecule has 1 heterocycles. The molecule has 1 aromatic heterocycles. The molecule has 0 fully saturated rings. The molecule has 0 bridgehead atoms. The third-order valence-electron chi connectivity index (χ3n) is 1.64. The van der Waals surface area contributed by atoms with Crippen molar-refractivity contribution in [3.8, 4) is 11.4 Å². The lowest BCUT2D eigenvalue weighted by atomic mass is 10.2. The van der Waals surface area contributed by atoms with Crippen LogP contribution in [0.5, 0.6) is 0 Å². The molecule has 0 saturated carbocycles. The molecule has 0 atom stereocenters. The molecule has 0 amide bonds. The first-order chi connectivity index (χ1) is 6.75. The zero-order chi connectivity index (χ0) is 9.97. The predicted octanol–water partition coefficient (Wildman–Crippen LogP) is 2.85. The van der Waals surface area contributed by atoms with Gasteiger partial charge in [0.25, 0.3) is 0 Å². The smallest absolute Gasteiger partial charge is 0.159 e. The highest BCUT2D eigenvalue weighted by Gasteiger charge is 2.01. The van der Waals surface area contributed by atoms with Gasteiger partial charge < -0.3 is 0 Å². The highest BCUT2D eigenvalue weighted by molar-refractivity contribution is 9.10. The summed E-state index contributed by atoms with van der Waals surface area (Å²) in [7, 11) is 0. The van der Waals surface area contributed by atoms with E-state index in [0.717, 1.165) is 22.4 Å². The van der Waals surface area contributed by atoms with Gasteiger partial charge in [0.1, 0.15) is 0 Å². The number of hydrogen-bond donors (Lipinski definition) is 0. The number of rotatable bonds is 1. The van der Waals surface area contributed by atoms with Crippen LogP contribution in [0.1, 0.15) is 0 Å². The van der Waals surface area contributed by atoms with Crippen LogP contribution in [0.3, 0.4) is 0 Å². The van der Waals surface area contributed by atoms with Gasteiger partial charge in [-0.05, 0) is 12.1 Å². The predicted molar refractivity (Wildman–Crippen MR) is 54.0 cm³/mol. The number of nitrogens with zero attached hydrogens (tertiary/aromatic N) is 2. The number of halogens is 2. The summed E-state index contributed by atoms with van der Waals surface area (Å²) in [5.74, 6) is 0.0661. The molecule has 0 aliphatic rings. The Morgan fingerprint density at radius 1 is 1.29 bits per heavy atom. The Kier molecular flexibility index (Phi) is 2.54. The summed E-state index contributed by atoms with van der Waals surface area (Å²) in [6.45, 7) is 0. The van der Waals surface area contributed by atoms with Crippen LogP contribution < -0.4 is 0 Å². The minimum absolute atomic E-state index is 0.435. The average Bonchev–Trinajstić information content (AvgIpc) is 2.19. The van der Waals surface area contributed by atoms with Crippen molar-refractivity contribution in [1.82, 2.24) is 9.97 Å². The molecule has 0 N–H and O–H groups in total. The third-order valence-corrected chi connectivity index (χ3v) is 2.10. The molecule has 0 unspecified atom stereocenters. The van der Waals surface area contributed by atoms with Gasteiger partial charge in [0.15, 0.2) is 11.6 Å². The second-order valence-corrected chi connectivity index (χ2v) is 3.50. The van der Waals surface area contributed by atoms with Crippen LogP contribution in [0.15, 0.2) is 35.1 Å². The van der Waals surface area contributed by atoms with Gasteiger partial charge in [0.05, 0.1) is 12.4 Å². The Bertz CT molecular complexity index is 442. The summed E-state index contributed by atoms with van der Waals surface area (Å²) < 4.78 is 13.4. The topological polar surface area (TPSA) is 25.8 Å². The highest BCUT2D eigenvalue weighted by atomic mass is 79.9. The summed E-state index contributed by atoms with van der Waals surface area (Å²) in [5.41, 5.74) is 0.829. The monoisotopic (exact) mass is 251 g/mol. The first kappa shape index (κ1) is 9.27. The second kappa shape index (κ2) is 3.84. The molecule has 0 aliphatic heterocycles. The summed E-state index contributed by atoms with van der Waals surface area (Å²) in [5, 5.41) is 0. The van der Waals surface area contributed by atoms with Crippen molar-refractivity contribution in [3.05, 3.63) is 46.9 Å². The van der Waals surface area contributed by atoms with E-state index in [4.69, 9.17) is 0 Å². The van der Waals surface area contributed by atoms with Crippen molar-refractivity contribution in [1.29, 1.82) is 0 Å². The van der Waals surface area contributed by atoms with Gasteiger partial charge in [0, 0.05) is 10.0 Å². The molecular weight excluding hydrogens is 247 g/mol. The van der Waals surface area contributed by atoms with Crippen molar-refractivity contribution in [2.24, 2.45) is 0 Å². The number of hydrogen-bond acceptors (Lipinski definition) is 2. The van der Waals surface area contributed by atoms with Crippen molar-refractivity contribution < 1.29 is 4.39 Å². The van der Waals surface area contributed by atoms with Gasteiger partial charge in [-0.2, -0.15) is 0 Å². The van der Waals surface area contributed by atoms with Crippen LogP contribution in [0, 0.1) is 11.9 Å². The van der Waals surface area contributed by atoms with Gasteiger partial charge in [-0.15, -0.1) is 0 Å². The van der Waals surface area contributed by atoms with E-state index in [1.807, 2.05) is 12.1 Å². The van der Waals surface area contributed by atoms with Crippen molar-refractivity contribution >= 4 is 15.9 Å². The van der Waals surface area contributed by atoms with Gasteiger partial charge in [-0.25, -0.2) is 14.4 Å². The minimum Gasteiger partial charge on any atom is -0.233 e. The van der Waals surface area contributed by atoms with Crippen LogP contribution in [0.4, 0.5) is 4.39 Å². The van der Waals surface area contributed by atoms with Gasteiger partial charge in [0.2, 0.25) is 0 Å². The first-order valence-electron chi connectivity index (χ1n) is 3.91. The second-order valence-electron chi connectivity index (χ2n) is 2.65. The summed E-state index contributed by atoms with van der Waals surface area (Å²) in [4.78, 5) is 7.74. The SMILES string of the molecule is Fc1cnc(-c2cc[c]c(Br)c2)nc1. The van der Waals surface area contributed by atoms with E-state index in [1.54, 1.807) is 6.07 Å². The summed E-state index contributed by atoms with van der Waals surface area (Å²) in [6.07, 6.45) is 2.29. The molecule has 69 valence electrons. The lowest BCUT2D eigenvalue weighted by molar-refractivity contribution is 0.614. The van der Waals surface area contributed by atoms with Crippen molar-refractivity contribution in [2.75, 3.05) is 0 Å². The van der Waals surface area contributed by atoms with Gasteiger partial charge in [-0.1, -0.05) is 28.1 Å². The van der Waals surface area contributed by atoms with E-state index < -0.39 is 5.82 Å². The van der Waals surface area contributed by atoms with Gasteiger partial charge in [-0.3, -0.25) is 0 Å². The molecule has 0 aliphatic carbocycles. The Hall–Kier alpha value is -1.29. The highest BCUT2D eigenvalue weighted by Crippen LogP contribution is 2.18. The molecule has 14 heavy (non-hydrogen) atoms. The van der Waals surface area contributed by atoms with Crippen LogP contribution in [-0.4, -0.2) is 9.97 Å². The fourth-order valence-corrected chi connectivity index (χ4v) is 1.42. The number of benzene rings is 1. The fraction of sp³-hybridized carbons (Fsp3) is 0. The molecule has 0 saturated heterocycles. The Labute approximate surface area is 89.0 Å². The molecule has 1 aromatic carbocycles. The third kappa shape index (κ3) is 1.96. The molecule has 2 rings (SSSR count). The van der Waals surface area contributed by atoms with Gasteiger partial charge >= 0.3 is 0 Å². The molecule has 0 spiro atoms. The lowest BCUT2D eigenvalue weighted by Gasteiger charge is -1.98. The molecule has 2 aromatic rings. The average molecular weight is 252 g/mol. The van der Waals surface area contributed by atoms with E-state index in [1.165, 1.54) is 0 Å². The van der Waals surface area contributed by atoms with Crippen LogP contribution in [-0.2, 0) is 0 Å². The van der Waals surface area contributed by atoms with Crippen LogP contribution >= 0.6 is 15.9 Å². The quantitative estimate of drug-likeness (QED) is 0.779. The molecular formula is C10H5BrFN2. The van der Waals surface area contributed by atoms with Crippen molar-refractivity contribution in [2.45, 2.75) is 0 Å². The maximum absolute atomic E-state index is 12.5. The maximum Gasteiger partial charge on any atom is 0.159 e. The number of aromatic nitrogens is 2. The zero-order valence-corrected chi connectivity index (χ0v) is 8.62. The van der Waals surface area contributed by atoms with E-state index in [9.17, 15) is 4.39 Å². The maximum atomic E-state index is 12.5. The molecule has 4 heteroatoms. The van der Waals surface area contributed by atoms with E-state index >= 15 is 0 Å². The standard InChI is InChI=1S/C10H5BrFN2/c11-8-3-1-2-7(4-8)10-13-5-9(12)6-14-10/h1-2,4-6H. The van der Waals surface area contributed by atoms with E-state index in [0.29, 0.717) is 5.82 Å². The Balaban J connectivity index is 2.44. The summed E-state index contributed by atoms with van der Waals surface area (Å²) in [6, 6.07) is 8.34. The van der Waals surface area contributed by atoms with Crippen LogP contribution in [0.2, 0.25) is 0 Å². The first-order valence-corrected chi connectivity index (χ1v) is 4.70. The van der Waals surface area contributed by atoms with E-state index in [2.05, 4.69) is 32.0 Å². The Morgan fingerprint density at radius 3 is 2.64 bits per heavy atom.